The maximum atomic E-state index is 12.7. The first-order chi connectivity index (χ1) is 13.2. The highest BCUT2D eigenvalue weighted by Crippen LogP contribution is 2.36. The van der Waals surface area contributed by atoms with E-state index in [1.807, 2.05) is 84.9 Å². The Morgan fingerprint density at radius 2 is 1.33 bits per heavy atom. The summed E-state index contributed by atoms with van der Waals surface area (Å²) in [5, 5.41) is 15.4. The van der Waals surface area contributed by atoms with Crippen molar-refractivity contribution in [1.29, 1.82) is 0 Å². The molecule has 1 N–H and O–H groups in total. The minimum absolute atomic E-state index is 0.328. The van der Waals surface area contributed by atoms with Crippen LogP contribution in [0.15, 0.2) is 89.5 Å². The quantitative estimate of drug-likeness (QED) is 0.546. The van der Waals surface area contributed by atoms with Crippen molar-refractivity contribution in [2.45, 2.75) is 18.3 Å². The highest BCUT2D eigenvalue weighted by Gasteiger charge is 2.44. The molecule has 27 heavy (non-hydrogen) atoms. The molecule has 0 spiro atoms. The van der Waals surface area contributed by atoms with E-state index in [0.29, 0.717) is 24.1 Å². The van der Waals surface area contributed by atoms with E-state index in [1.165, 1.54) is 0 Å². The van der Waals surface area contributed by atoms with E-state index in [1.54, 1.807) is 0 Å². The number of carbonyl (C=O) groups is 1. The molecule has 0 unspecified atom stereocenters. The van der Waals surface area contributed by atoms with Crippen molar-refractivity contribution in [3.8, 4) is 0 Å². The fourth-order valence-electron chi connectivity index (χ4n) is 3.60. The summed E-state index contributed by atoms with van der Waals surface area (Å²) in [7, 11) is 0. The number of carboxylic acid groups (broad SMARTS) is 1. The third kappa shape index (κ3) is 3.22. The van der Waals surface area contributed by atoms with Gasteiger partial charge in [-0.2, -0.15) is 0 Å². The number of aliphatic carboxylic acids is 1. The summed E-state index contributed by atoms with van der Waals surface area (Å²) in [6.07, 6.45) is 0.656. The summed E-state index contributed by atoms with van der Waals surface area (Å²) in [5.41, 5.74) is 1.73. The lowest BCUT2D eigenvalue weighted by Gasteiger charge is -2.28. The summed E-state index contributed by atoms with van der Waals surface area (Å²) >= 11 is 0. The van der Waals surface area contributed by atoms with Crippen LogP contribution < -0.4 is 0 Å². The fraction of sp³-hybridized carbons (Fsp3) is 0.130. The highest BCUT2D eigenvalue weighted by molar-refractivity contribution is 5.90. The van der Waals surface area contributed by atoms with Crippen LogP contribution in [0.2, 0.25) is 0 Å². The Balaban J connectivity index is 1.90. The van der Waals surface area contributed by atoms with E-state index in [2.05, 4.69) is 5.16 Å². The Morgan fingerprint density at radius 3 is 1.89 bits per heavy atom. The average Bonchev–Trinajstić information content (AvgIpc) is 3.13. The van der Waals surface area contributed by atoms with E-state index >= 15 is 0 Å². The van der Waals surface area contributed by atoms with Gasteiger partial charge in [0.25, 0.3) is 0 Å². The highest BCUT2D eigenvalue weighted by atomic mass is 16.5. The van der Waals surface area contributed by atoms with Crippen LogP contribution in [0, 0.1) is 0 Å². The van der Waals surface area contributed by atoms with Gasteiger partial charge in [0.1, 0.15) is 11.1 Å². The predicted molar refractivity (Wildman–Crippen MR) is 104 cm³/mol. The summed E-state index contributed by atoms with van der Waals surface area (Å²) in [4.78, 5) is 12.7. The van der Waals surface area contributed by atoms with Gasteiger partial charge >= 0.3 is 5.97 Å². The molecular formula is C23H19NO3. The second-order valence-electron chi connectivity index (χ2n) is 6.74. The van der Waals surface area contributed by atoms with Crippen LogP contribution in [-0.4, -0.2) is 16.2 Å². The first-order valence-electron chi connectivity index (χ1n) is 8.85. The van der Waals surface area contributed by atoms with Gasteiger partial charge in [-0.15, -0.1) is 0 Å². The summed E-state index contributed by atoms with van der Waals surface area (Å²) < 4.78 is 5.47. The molecule has 134 valence electrons. The minimum atomic E-state index is -1.23. The van der Waals surface area contributed by atoms with Gasteiger partial charge < -0.3 is 9.63 Å². The number of rotatable bonds is 6. The normalized spacial score (nSPS) is 11.6. The van der Waals surface area contributed by atoms with Gasteiger partial charge in [0.2, 0.25) is 0 Å². The maximum absolute atomic E-state index is 12.7. The first kappa shape index (κ1) is 17.0. The Morgan fingerprint density at radius 1 is 0.815 bits per heavy atom. The van der Waals surface area contributed by atoms with Crippen LogP contribution in [0.4, 0.5) is 0 Å². The van der Waals surface area contributed by atoms with Gasteiger partial charge in [0.05, 0.1) is 0 Å². The smallest absolute Gasteiger partial charge is 0.316 e. The summed E-state index contributed by atoms with van der Waals surface area (Å²) in [6, 6.07) is 26.7. The van der Waals surface area contributed by atoms with Crippen LogP contribution in [0.3, 0.4) is 0 Å². The zero-order chi connectivity index (χ0) is 18.7. The number of benzene rings is 3. The standard InChI is InChI=1S/C23H19NO3/c25-22(26)23(15-17-9-3-1-4-10-17,16-18-11-5-2-6-12-18)21-19-13-7-8-14-20(19)27-24-21/h1-14H,15-16H2,(H,25,26). The van der Waals surface area contributed by atoms with Gasteiger partial charge in [-0.25, -0.2) is 0 Å². The molecule has 3 aromatic carbocycles. The molecule has 0 fully saturated rings. The first-order valence-corrected chi connectivity index (χ1v) is 8.85. The number of hydrogen-bond donors (Lipinski definition) is 1. The van der Waals surface area contributed by atoms with Crippen molar-refractivity contribution in [2.75, 3.05) is 0 Å². The summed E-state index contributed by atoms with van der Waals surface area (Å²) in [5.74, 6) is -0.908. The lowest BCUT2D eigenvalue weighted by atomic mass is 9.73. The Kier molecular flexibility index (Phi) is 4.47. The Bertz CT molecular complexity index is 1010. The number of hydrogen-bond acceptors (Lipinski definition) is 3. The molecule has 0 radical (unpaired) electrons. The summed E-state index contributed by atoms with van der Waals surface area (Å²) in [6.45, 7) is 0. The number of para-hydroxylation sites is 1. The molecule has 0 amide bonds. The third-order valence-corrected chi connectivity index (χ3v) is 4.94. The molecule has 4 heteroatoms. The Labute approximate surface area is 157 Å². The van der Waals surface area contributed by atoms with Crippen molar-refractivity contribution in [3.05, 3.63) is 102 Å². The average molecular weight is 357 g/mol. The zero-order valence-corrected chi connectivity index (χ0v) is 14.7. The SMILES string of the molecule is O=C(O)C(Cc1ccccc1)(Cc1ccccc1)c1noc2ccccc12. The fourth-order valence-corrected chi connectivity index (χ4v) is 3.60. The molecule has 0 bridgehead atoms. The molecule has 4 aromatic rings. The van der Waals surface area contributed by atoms with E-state index in [-0.39, 0.29) is 0 Å². The maximum Gasteiger partial charge on any atom is 0.316 e. The van der Waals surface area contributed by atoms with Gasteiger partial charge in [-0.1, -0.05) is 78.0 Å². The molecule has 0 aliphatic carbocycles. The number of carboxylic acids is 1. The topological polar surface area (TPSA) is 63.3 Å². The number of aromatic nitrogens is 1. The third-order valence-electron chi connectivity index (χ3n) is 4.94. The molecule has 4 nitrogen and oxygen atoms in total. The van der Waals surface area contributed by atoms with Crippen LogP contribution in [-0.2, 0) is 23.1 Å². The molecule has 1 aromatic heterocycles. The van der Waals surface area contributed by atoms with E-state index in [0.717, 1.165) is 16.5 Å². The molecule has 0 saturated heterocycles. The molecule has 0 atom stereocenters. The van der Waals surface area contributed by atoms with E-state index in [4.69, 9.17) is 4.52 Å². The van der Waals surface area contributed by atoms with Crippen molar-refractivity contribution < 1.29 is 14.4 Å². The van der Waals surface area contributed by atoms with Crippen molar-refractivity contribution in [2.24, 2.45) is 0 Å². The lowest BCUT2D eigenvalue weighted by molar-refractivity contribution is -0.144. The molecular weight excluding hydrogens is 338 g/mol. The van der Waals surface area contributed by atoms with Crippen molar-refractivity contribution in [3.63, 3.8) is 0 Å². The Hall–Kier alpha value is -3.40. The van der Waals surface area contributed by atoms with E-state index < -0.39 is 11.4 Å². The van der Waals surface area contributed by atoms with Gasteiger partial charge in [0.15, 0.2) is 5.58 Å². The van der Waals surface area contributed by atoms with Crippen LogP contribution in [0.1, 0.15) is 16.8 Å². The van der Waals surface area contributed by atoms with Gasteiger partial charge in [-0.05, 0) is 36.1 Å². The zero-order valence-electron chi connectivity index (χ0n) is 14.7. The molecule has 0 aliphatic heterocycles. The van der Waals surface area contributed by atoms with Crippen LogP contribution in [0.25, 0.3) is 11.0 Å². The van der Waals surface area contributed by atoms with Crippen molar-refractivity contribution >= 4 is 16.9 Å². The van der Waals surface area contributed by atoms with E-state index in [9.17, 15) is 9.90 Å². The van der Waals surface area contributed by atoms with Crippen LogP contribution >= 0.6 is 0 Å². The molecule has 0 saturated carbocycles. The van der Waals surface area contributed by atoms with Crippen LogP contribution in [0.5, 0.6) is 0 Å². The van der Waals surface area contributed by atoms with Gasteiger partial charge in [0, 0.05) is 5.39 Å². The second-order valence-corrected chi connectivity index (χ2v) is 6.74. The number of nitrogens with zero attached hydrogens (tertiary/aromatic N) is 1. The largest absolute Gasteiger partial charge is 0.481 e. The minimum Gasteiger partial charge on any atom is -0.481 e. The predicted octanol–water partition coefficient (Wildman–Crippen LogP) is 4.64. The molecule has 4 rings (SSSR count). The second kappa shape index (κ2) is 7.08. The monoisotopic (exact) mass is 357 g/mol. The molecule has 0 aliphatic rings. The number of fused-ring (bicyclic) bond motifs is 1. The molecule has 1 heterocycles. The van der Waals surface area contributed by atoms with Gasteiger partial charge in [-0.3, -0.25) is 4.79 Å². The van der Waals surface area contributed by atoms with Crippen molar-refractivity contribution in [1.82, 2.24) is 5.16 Å². The lowest BCUT2D eigenvalue weighted by Crippen LogP contribution is -2.41.